The monoisotopic (exact) mass is 455 g/mol. The molecule has 4 rings (SSSR count). The Hall–Kier alpha value is -3.09. The topological polar surface area (TPSA) is 73.5 Å². The third-order valence-electron chi connectivity index (χ3n) is 5.24. The number of nitrogens with one attached hydrogen (secondary N) is 1. The van der Waals surface area contributed by atoms with E-state index in [1.54, 1.807) is 34.1 Å². The number of hydrogen-bond acceptors (Lipinski definition) is 3. The van der Waals surface area contributed by atoms with Gasteiger partial charge < -0.3 is 14.8 Å². The Kier molecular flexibility index (Phi) is 6.11. The number of amides is 2. The van der Waals surface area contributed by atoms with Gasteiger partial charge in [0.05, 0.1) is 10.6 Å². The van der Waals surface area contributed by atoms with E-state index in [0.717, 1.165) is 5.56 Å². The van der Waals surface area contributed by atoms with Crippen molar-refractivity contribution < 1.29 is 9.59 Å². The SMILES string of the molecule is O=C(c1ccc(Cl)cc1Cl)N1CCN(C(=O)c2ccc(-c3ccccc3)[nH]c2=O)CC1. The van der Waals surface area contributed by atoms with Gasteiger partial charge in [0, 0.05) is 36.9 Å². The number of H-pyrrole nitrogens is 1. The molecular formula is C23H19Cl2N3O3. The molecule has 158 valence electrons. The number of pyridine rings is 1. The zero-order valence-corrected chi connectivity index (χ0v) is 18.0. The van der Waals surface area contributed by atoms with Gasteiger partial charge in [-0.05, 0) is 35.9 Å². The summed E-state index contributed by atoms with van der Waals surface area (Å²) in [5.41, 5.74) is 1.54. The van der Waals surface area contributed by atoms with E-state index in [2.05, 4.69) is 4.98 Å². The quantitative estimate of drug-likeness (QED) is 0.649. The molecular weight excluding hydrogens is 437 g/mol. The minimum Gasteiger partial charge on any atom is -0.335 e. The molecule has 0 bridgehead atoms. The maximum absolute atomic E-state index is 12.9. The molecule has 1 aromatic heterocycles. The van der Waals surface area contributed by atoms with Crippen LogP contribution in [0.4, 0.5) is 0 Å². The molecule has 3 aromatic rings. The second-order valence-corrected chi connectivity index (χ2v) is 8.03. The van der Waals surface area contributed by atoms with Crippen LogP contribution in [0.25, 0.3) is 11.3 Å². The van der Waals surface area contributed by atoms with Gasteiger partial charge in [-0.2, -0.15) is 0 Å². The Morgan fingerprint density at radius 2 is 1.35 bits per heavy atom. The normalized spacial score (nSPS) is 13.9. The lowest BCUT2D eigenvalue weighted by atomic mass is 10.1. The molecule has 0 unspecified atom stereocenters. The molecule has 6 nitrogen and oxygen atoms in total. The fraction of sp³-hybridized carbons (Fsp3) is 0.174. The molecule has 1 saturated heterocycles. The van der Waals surface area contributed by atoms with E-state index < -0.39 is 5.56 Å². The summed E-state index contributed by atoms with van der Waals surface area (Å²) in [4.78, 5) is 44.1. The Bertz CT molecular complexity index is 1190. The first-order valence-electron chi connectivity index (χ1n) is 9.76. The van der Waals surface area contributed by atoms with Gasteiger partial charge in [0.25, 0.3) is 17.4 Å². The predicted molar refractivity (Wildman–Crippen MR) is 121 cm³/mol. The second-order valence-electron chi connectivity index (χ2n) is 7.19. The van der Waals surface area contributed by atoms with Crippen LogP contribution >= 0.6 is 23.2 Å². The van der Waals surface area contributed by atoms with Crippen molar-refractivity contribution in [1.29, 1.82) is 0 Å². The lowest BCUT2D eigenvalue weighted by molar-refractivity contribution is 0.0534. The molecule has 1 fully saturated rings. The van der Waals surface area contributed by atoms with Crippen molar-refractivity contribution in [3.63, 3.8) is 0 Å². The fourth-order valence-corrected chi connectivity index (χ4v) is 4.03. The van der Waals surface area contributed by atoms with Crippen molar-refractivity contribution in [1.82, 2.24) is 14.8 Å². The zero-order valence-electron chi connectivity index (χ0n) is 16.5. The third-order valence-corrected chi connectivity index (χ3v) is 5.79. The molecule has 1 N–H and O–H groups in total. The van der Waals surface area contributed by atoms with Crippen molar-refractivity contribution in [3.05, 3.63) is 92.2 Å². The maximum atomic E-state index is 12.9. The number of hydrogen-bond donors (Lipinski definition) is 1. The zero-order chi connectivity index (χ0) is 22.0. The predicted octanol–water partition coefficient (Wildman–Crippen LogP) is 3.95. The molecule has 0 saturated carbocycles. The number of aromatic amines is 1. The van der Waals surface area contributed by atoms with E-state index in [-0.39, 0.29) is 17.4 Å². The molecule has 0 atom stereocenters. The molecule has 2 aromatic carbocycles. The first kappa shape index (κ1) is 21.2. The van der Waals surface area contributed by atoms with Gasteiger partial charge in [-0.15, -0.1) is 0 Å². The smallest absolute Gasteiger partial charge is 0.261 e. The highest BCUT2D eigenvalue weighted by molar-refractivity contribution is 6.36. The lowest BCUT2D eigenvalue weighted by Crippen LogP contribution is -2.51. The van der Waals surface area contributed by atoms with Crippen LogP contribution in [0, 0.1) is 0 Å². The van der Waals surface area contributed by atoms with Crippen molar-refractivity contribution in [2.45, 2.75) is 0 Å². The van der Waals surface area contributed by atoms with Gasteiger partial charge in [-0.25, -0.2) is 0 Å². The first-order valence-corrected chi connectivity index (χ1v) is 10.5. The highest BCUT2D eigenvalue weighted by Gasteiger charge is 2.27. The number of piperazine rings is 1. The Morgan fingerprint density at radius 1 is 0.774 bits per heavy atom. The van der Waals surface area contributed by atoms with Crippen LogP contribution in [-0.4, -0.2) is 52.8 Å². The third kappa shape index (κ3) is 4.50. The van der Waals surface area contributed by atoms with E-state index in [1.807, 2.05) is 30.3 Å². The summed E-state index contributed by atoms with van der Waals surface area (Å²) in [6, 6.07) is 17.4. The minimum absolute atomic E-state index is 0.0835. The van der Waals surface area contributed by atoms with E-state index >= 15 is 0 Å². The van der Waals surface area contributed by atoms with Crippen molar-refractivity contribution in [2.75, 3.05) is 26.2 Å². The summed E-state index contributed by atoms with van der Waals surface area (Å²) in [6.45, 7) is 1.36. The minimum atomic E-state index is -0.433. The molecule has 1 aliphatic heterocycles. The van der Waals surface area contributed by atoms with E-state index in [4.69, 9.17) is 23.2 Å². The number of rotatable bonds is 3. The molecule has 2 amide bonds. The van der Waals surface area contributed by atoms with E-state index in [1.165, 1.54) is 6.07 Å². The van der Waals surface area contributed by atoms with Gasteiger partial charge in [0.2, 0.25) is 0 Å². The van der Waals surface area contributed by atoms with Crippen LogP contribution in [0.1, 0.15) is 20.7 Å². The van der Waals surface area contributed by atoms with Gasteiger partial charge in [-0.3, -0.25) is 14.4 Å². The van der Waals surface area contributed by atoms with Gasteiger partial charge in [0.15, 0.2) is 0 Å². The number of benzene rings is 2. The van der Waals surface area contributed by atoms with Crippen molar-refractivity contribution in [3.8, 4) is 11.3 Å². The standard InChI is InChI=1S/C23H19Cl2N3O3/c24-16-6-7-17(19(25)14-16)22(30)27-10-12-28(13-11-27)23(31)18-8-9-20(26-21(18)29)15-4-2-1-3-5-15/h1-9,14H,10-13H2,(H,26,29). The van der Waals surface area contributed by atoms with E-state index in [9.17, 15) is 14.4 Å². The fourth-order valence-electron chi connectivity index (χ4n) is 3.54. The Balaban J connectivity index is 1.43. The maximum Gasteiger partial charge on any atom is 0.261 e. The molecule has 0 aliphatic carbocycles. The first-order chi connectivity index (χ1) is 14.9. The molecule has 0 radical (unpaired) electrons. The van der Waals surface area contributed by atoms with E-state index in [0.29, 0.717) is 47.5 Å². The van der Waals surface area contributed by atoms with Crippen LogP contribution in [0.15, 0.2) is 65.5 Å². The summed E-state index contributed by atoms with van der Waals surface area (Å²) >= 11 is 12.0. The number of carbonyl (C=O) groups excluding carboxylic acids is 2. The molecule has 31 heavy (non-hydrogen) atoms. The van der Waals surface area contributed by atoms with Gasteiger partial charge in [-0.1, -0.05) is 53.5 Å². The molecule has 1 aliphatic rings. The summed E-state index contributed by atoms with van der Waals surface area (Å²) in [5, 5.41) is 0.751. The molecule has 0 spiro atoms. The van der Waals surface area contributed by atoms with Crippen LogP contribution < -0.4 is 5.56 Å². The van der Waals surface area contributed by atoms with Crippen LogP contribution in [0.2, 0.25) is 10.0 Å². The lowest BCUT2D eigenvalue weighted by Gasteiger charge is -2.34. The second kappa shape index (κ2) is 8.96. The summed E-state index contributed by atoms with van der Waals surface area (Å²) in [7, 11) is 0. The Morgan fingerprint density at radius 3 is 1.94 bits per heavy atom. The largest absolute Gasteiger partial charge is 0.335 e. The number of carbonyl (C=O) groups is 2. The summed E-state index contributed by atoms with van der Waals surface area (Å²) < 4.78 is 0. The number of halogens is 2. The number of nitrogens with zero attached hydrogens (tertiary/aromatic N) is 2. The highest BCUT2D eigenvalue weighted by Crippen LogP contribution is 2.23. The van der Waals surface area contributed by atoms with Crippen LogP contribution in [0.3, 0.4) is 0 Å². The summed E-state index contributed by atoms with van der Waals surface area (Å²) in [5.74, 6) is -0.559. The van der Waals surface area contributed by atoms with Crippen molar-refractivity contribution in [2.24, 2.45) is 0 Å². The average Bonchev–Trinajstić information content (AvgIpc) is 2.79. The number of aromatic nitrogens is 1. The van der Waals surface area contributed by atoms with Crippen LogP contribution in [0.5, 0.6) is 0 Å². The van der Waals surface area contributed by atoms with Gasteiger partial charge >= 0.3 is 0 Å². The molecule has 8 heteroatoms. The summed E-state index contributed by atoms with van der Waals surface area (Å²) in [6.07, 6.45) is 0. The van der Waals surface area contributed by atoms with Gasteiger partial charge in [0.1, 0.15) is 5.56 Å². The Labute approximate surface area is 189 Å². The molecule has 2 heterocycles. The van der Waals surface area contributed by atoms with Crippen LogP contribution in [-0.2, 0) is 0 Å². The highest BCUT2D eigenvalue weighted by atomic mass is 35.5. The average molecular weight is 456 g/mol. The van der Waals surface area contributed by atoms with Crippen molar-refractivity contribution >= 4 is 35.0 Å².